The summed E-state index contributed by atoms with van der Waals surface area (Å²) in [5.41, 5.74) is -0.371. The third-order valence-electron chi connectivity index (χ3n) is 3.83. The Morgan fingerprint density at radius 3 is 2.29 bits per heavy atom. The fraction of sp³-hybridized carbons (Fsp3) is 0.267. The van der Waals surface area contributed by atoms with Crippen LogP contribution in [-0.4, -0.2) is 47.0 Å². The van der Waals surface area contributed by atoms with Crippen molar-refractivity contribution in [3.05, 3.63) is 60.8 Å². The first-order valence-electron chi connectivity index (χ1n) is 7.27. The number of piperazine rings is 1. The highest BCUT2D eigenvalue weighted by Crippen LogP contribution is 2.27. The predicted octanol–water partition coefficient (Wildman–Crippen LogP) is 1.33. The fourth-order valence-electron chi connectivity index (χ4n) is 2.60. The van der Waals surface area contributed by atoms with Crippen molar-refractivity contribution in [1.29, 1.82) is 0 Å². The number of aromatic amines is 2. The molecule has 3 rings (SSSR count). The van der Waals surface area contributed by atoms with Crippen LogP contribution in [0, 0.1) is 0 Å². The largest absolute Gasteiger partial charge is 0.368 e. The second-order valence-electron chi connectivity index (χ2n) is 5.38. The standard InChI is InChI=1S/C15H14Cl2N4O3/c16-10-2-1-9(7-11(10)17)20-3-5-21(6-4-20)14(23)12-8-13(22)19-15(24)18-12/h1-2,7-8H,3-6H2,(H2,18,19,22,24). The van der Waals surface area contributed by atoms with E-state index < -0.39 is 11.2 Å². The average Bonchev–Trinajstić information content (AvgIpc) is 2.56. The van der Waals surface area contributed by atoms with Gasteiger partial charge < -0.3 is 14.8 Å². The number of carbonyl (C=O) groups is 1. The molecule has 24 heavy (non-hydrogen) atoms. The number of carbonyl (C=O) groups excluding carboxylic acids is 1. The van der Waals surface area contributed by atoms with E-state index in [4.69, 9.17) is 23.2 Å². The summed E-state index contributed by atoms with van der Waals surface area (Å²) in [6, 6.07) is 6.49. The Bertz CT molecular complexity index is 857. The first-order chi connectivity index (χ1) is 11.4. The highest BCUT2D eigenvalue weighted by molar-refractivity contribution is 6.42. The normalized spacial score (nSPS) is 14.8. The molecule has 1 amide bonds. The van der Waals surface area contributed by atoms with Gasteiger partial charge in [-0.2, -0.15) is 0 Å². The van der Waals surface area contributed by atoms with Crippen LogP contribution in [-0.2, 0) is 0 Å². The number of anilines is 1. The fourth-order valence-corrected chi connectivity index (χ4v) is 2.90. The number of benzene rings is 1. The van der Waals surface area contributed by atoms with E-state index in [0.717, 1.165) is 11.8 Å². The molecule has 0 saturated carbocycles. The second-order valence-corrected chi connectivity index (χ2v) is 6.19. The Morgan fingerprint density at radius 2 is 1.67 bits per heavy atom. The predicted molar refractivity (Wildman–Crippen MR) is 92.3 cm³/mol. The Balaban J connectivity index is 1.70. The quantitative estimate of drug-likeness (QED) is 0.836. The molecule has 1 saturated heterocycles. The highest BCUT2D eigenvalue weighted by atomic mass is 35.5. The average molecular weight is 369 g/mol. The number of hydrogen-bond acceptors (Lipinski definition) is 4. The van der Waals surface area contributed by atoms with E-state index in [-0.39, 0.29) is 11.6 Å². The van der Waals surface area contributed by atoms with E-state index in [1.54, 1.807) is 17.0 Å². The number of nitrogens with zero attached hydrogens (tertiary/aromatic N) is 2. The first kappa shape index (κ1) is 16.6. The van der Waals surface area contributed by atoms with Crippen LogP contribution in [0.1, 0.15) is 10.5 Å². The maximum Gasteiger partial charge on any atom is 0.326 e. The van der Waals surface area contributed by atoms with Crippen LogP contribution >= 0.6 is 23.2 Å². The van der Waals surface area contributed by atoms with Crippen molar-refractivity contribution in [3.63, 3.8) is 0 Å². The van der Waals surface area contributed by atoms with E-state index in [0.29, 0.717) is 36.2 Å². The van der Waals surface area contributed by atoms with Gasteiger partial charge in [-0.05, 0) is 18.2 Å². The number of rotatable bonds is 2. The summed E-state index contributed by atoms with van der Waals surface area (Å²) in [5, 5.41) is 0.973. The van der Waals surface area contributed by atoms with Crippen LogP contribution in [0.15, 0.2) is 33.9 Å². The first-order valence-corrected chi connectivity index (χ1v) is 8.02. The maximum atomic E-state index is 12.4. The molecule has 1 aromatic heterocycles. The van der Waals surface area contributed by atoms with E-state index >= 15 is 0 Å². The molecule has 0 unspecified atom stereocenters. The third-order valence-corrected chi connectivity index (χ3v) is 4.57. The molecule has 0 bridgehead atoms. The van der Waals surface area contributed by atoms with Crippen LogP contribution in [0.4, 0.5) is 5.69 Å². The number of hydrogen-bond donors (Lipinski definition) is 2. The Morgan fingerprint density at radius 1 is 0.958 bits per heavy atom. The molecular formula is C15H14Cl2N4O3. The lowest BCUT2D eigenvalue weighted by atomic mass is 10.2. The van der Waals surface area contributed by atoms with Crippen LogP contribution < -0.4 is 16.1 Å². The van der Waals surface area contributed by atoms with E-state index in [9.17, 15) is 14.4 Å². The van der Waals surface area contributed by atoms with Gasteiger partial charge in [0.2, 0.25) is 0 Å². The summed E-state index contributed by atoms with van der Waals surface area (Å²) < 4.78 is 0. The molecule has 1 aromatic carbocycles. The molecule has 1 aliphatic heterocycles. The van der Waals surface area contributed by atoms with E-state index in [1.807, 2.05) is 11.1 Å². The zero-order valence-corrected chi connectivity index (χ0v) is 14.0. The van der Waals surface area contributed by atoms with Gasteiger partial charge in [-0.25, -0.2) is 4.79 Å². The minimum atomic E-state index is -0.694. The van der Waals surface area contributed by atoms with Gasteiger partial charge >= 0.3 is 5.69 Å². The maximum absolute atomic E-state index is 12.4. The molecule has 7 nitrogen and oxygen atoms in total. The highest BCUT2D eigenvalue weighted by Gasteiger charge is 2.23. The second kappa shape index (κ2) is 6.70. The van der Waals surface area contributed by atoms with Crippen molar-refractivity contribution in [2.75, 3.05) is 31.1 Å². The minimum Gasteiger partial charge on any atom is -0.368 e. The van der Waals surface area contributed by atoms with Crippen molar-refractivity contribution in [2.24, 2.45) is 0 Å². The molecule has 0 aliphatic carbocycles. The van der Waals surface area contributed by atoms with Crippen molar-refractivity contribution in [3.8, 4) is 0 Å². The zero-order chi connectivity index (χ0) is 17.3. The molecule has 0 radical (unpaired) electrons. The van der Waals surface area contributed by atoms with Crippen molar-refractivity contribution >= 4 is 34.8 Å². The molecule has 2 heterocycles. The summed E-state index contributed by atoms with van der Waals surface area (Å²) in [6.07, 6.45) is 0. The van der Waals surface area contributed by atoms with E-state index in [2.05, 4.69) is 9.88 Å². The van der Waals surface area contributed by atoms with Gasteiger partial charge in [0.05, 0.1) is 10.0 Å². The number of halogens is 2. The lowest BCUT2D eigenvalue weighted by Gasteiger charge is -2.36. The van der Waals surface area contributed by atoms with Crippen molar-refractivity contribution in [1.82, 2.24) is 14.9 Å². The van der Waals surface area contributed by atoms with Gasteiger partial charge in [0.1, 0.15) is 5.69 Å². The van der Waals surface area contributed by atoms with Crippen LogP contribution in [0.3, 0.4) is 0 Å². The summed E-state index contributed by atoms with van der Waals surface area (Å²) in [5.74, 6) is -0.369. The van der Waals surface area contributed by atoms with Gasteiger partial charge in [0, 0.05) is 37.9 Å². The monoisotopic (exact) mass is 368 g/mol. The van der Waals surface area contributed by atoms with Crippen molar-refractivity contribution in [2.45, 2.75) is 0 Å². The molecule has 2 N–H and O–H groups in total. The van der Waals surface area contributed by atoms with Gasteiger partial charge in [-0.15, -0.1) is 0 Å². The number of nitrogens with one attached hydrogen (secondary N) is 2. The molecule has 1 fully saturated rings. The van der Waals surface area contributed by atoms with Gasteiger partial charge in [0.25, 0.3) is 11.5 Å². The Kier molecular flexibility index (Phi) is 4.64. The summed E-state index contributed by atoms with van der Waals surface area (Å²) in [4.78, 5) is 43.1. The van der Waals surface area contributed by atoms with Crippen LogP contribution in [0.5, 0.6) is 0 Å². The molecule has 126 valence electrons. The molecule has 2 aromatic rings. The molecular weight excluding hydrogens is 355 g/mol. The van der Waals surface area contributed by atoms with Crippen LogP contribution in [0.25, 0.3) is 0 Å². The lowest BCUT2D eigenvalue weighted by molar-refractivity contribution is 0.0740. The van der Waals surface area contributed by atoms with Gasteiger partial charge in [-0.1, -0.05) is 23.2 Å². The zero-order valence-electron chi connectivity index (χ0n) is 12.5. The minimum absolute atomic E-state index is 0.00765. The van der Waals surface area contributed by atoms with Crippen LogP contribution in [0.2, 0.25) is 10.0 Å². The third kappa shape index (κ3) is 3.47. The topological polar surface area (TPSA) is 89.3 Å². The van der Waals surface area contributed by atoms with Gasteiger partial charge in [-0.3, -0.25) is 14.6 Å². The summed E-state index contributed by atoms with van der Waals surface area (Å²) in [6.45, 7) is 2.15. The summed E-state index contributed by atoms with van der Waals surface area (Å²) in [7, 11) is 0. The van der Waals surface area contributed by atoms with E-state index in [1.165, 1.54) is 0 Å². The molecule has 9 heteroatoms. The SMILES string of the molecule is O=C(c1cc(=O)[nH]c(=O)[nH]1)N1CCN(c2ccc(Cl)c(Cl)c2)CC1. The summed E-state index contributed by atoms with van der Waals surface area (Å²) >= 11 is 11.9. The molecule has 0 spiro atoms. The molecule has 1 aliphatic rings. The smallest absolute Gasteiger partial charge is 0.326 e. The number of H-pyrrole nitrogens is 2. The lowest BCUT2D eigenvalue weighted by Crippen LogP contribution is -2.49. The number of amides is 1. The van der Waals surface area contributed by atoms with Crippen molar-refractivity contribution < 1.29 is 4.79 Å². The molecule has 0 atom stereocenters. The number of aromatic nitrogens is 2. The Labute approximate surface area is 146 Å². The van der Waals surface area contributed by atoms with Gasteiger partial charge in [0.15, 0.2) is 0 Å². The Hall–Kier alpha value is -2.25.